The minimum atomic E-state index is -3.88. The molecule has 0 heterocycles. The van der Waals surface area contributed by atoms with Gasteiger partial charge in [-0.05, 0) is 48.2 Å². The maximum atomic E-state index is 13.8. The maximum Gasteiger partial charge on any atom is 0.243 e. The second-order valence-electron chi connectivity index (χ2n) is 9.68. The van der Waals surface area contributed by atoms with Crippen LogP contribution < -0.4 is 9.62 Å². The molecule has 0 bridgehead atoms. The third-order valence-corrected chi connectivity index (χ3v) is 7.62. The predicted molar refractivity (Wildman–Crippen MR) is 152 cm³/mol. The first-order valence-corrected chi connectivity index (χ1v) is 15.1. The van der Waals surface area contributed by atoms with E-state index in [1.54, 1.807) is 0 Å². The Labute approximate surface area is 239 Å². The molecule has 1 N–H and O–H groups in total. The van der Waals surface area contributed by atoms with E-state index in [1.165, 1.54) is 29.2 Å². The van der Waals surface area contributed by atoms with Gasteiger partial charge in [-0.25, -0.2) is 21.6 Å². The third-order valence-electron chi connectivity index (χ3n) is 6.43. The number of anilines is 1. The average Bonchev–Trinajstić information content (AvgIpc) is 2.94. The second-order valence-corrected chi connectivity index (χ2v) is 11.6. The van der Waals surface area contributed by atoms with E-state index in [1.807, 2.05) is 37.3 Å². The summed E-state index contributed by atoms with van der Waals surface area (Å²) in [4.78, 5) is 28.4. The lowest BCUT2D eigenvalue weighted by Crippen LogP contribution is -2.50. The molecule has 11 heteroatoms. The predicted octanol–water partition coefficient (Wildman–Crippen LogP) is 4.82. The van der Waals surface area contributed by atoms with Gasteiger partial charge in [0.25, 0.3) is 0 Å². The molecule has 0 spiro atoms. The molecule has 0 aliphatic heterocycles. The first kappa shape index (κ1) is 31.7. The molecule has 2 amide bonds. The number of carbonyl (C=O) groups is 2. The molecule has 41 heavy (non-hydrogen) atoms. The van der Waals surface area contributed by atoms with Gasteiger partial charge in [-0.2, -0.15) is 0 Å². The molecule has 0 aliphatic rings. The number of halogens is 3. The number of sulfonamides is 1. The highest BCUT2D eigenvalue weighted by Gasteiger charge is 2.30. The lowest BCUT2D eigenvalue weighted by Gasteiger charge is -2.32. The zero-order valence-electron chi connectivity index (χ0n) is 23.0. The molecule has 0 unspecified atom stereocenters. The van der Waals surface area contributed by atoms with E-state index in [2.05, 4.69) is 5.32 Å². The van der Waals surface area contributed by atoms with Crippen LogP contribution in [0.2, 0.25) is 0 Å². The van der Waals surface area contributed by atoms with Crippen molar-refractivity contribution in [2.75, 3.05) is 23.7 Å². The van der Waals surface area contributed by atoms with Crippen molar-refractivity contribution < 1.29 is 31.2 Å². The SMILES string of the molecule is CCCNC(=O)[C@@H](Cc1ccccc1)N(Cc1ccc(F)cc1)C(=O)CCCN(c1ccc(F)c(F)c1)S(C)(=O)=O. The Morgan fingerprint density at radius 3 is 2.20 bits per heavy atom. The minimum Gasteiger partial charge on any atom is -0.354 e. The van der Waals surface area contributed by atoms with E-state index in [-0.39, 0.29) is 43.9 Å². The van der Waals surface area contributed by atoms with Gasteiger partial charge in [0.05, 0.1) is 11.9 Å². The highest BCUT2D eigenvalue weighted by atomic mass is 32.2. The Morgan fingerprint density at radius 1 is 0.902 bits per heavy atom. The van der Waals surface area contributed by atoms with E-state index in [4.69, 9.17) is 0 Å². The summed E-state index contributed by atoms with van der Waals surface area (Å²) in [6.07, 6.45) is 1.77. The minimum absolute atomic E-state index is 0.0229. The Morgan fingerprint density at radius 2 is 1.59 bits per heavy atom. The van der Waals surface area contributed by atoms with Gasteiger partial charge in [0, 0.05) is 38.5 Å². The molecular weight excluding hydrogens is 555 g/mol. The fourth-order valence-electron chi connectivity index (χ4n) is 4.35. The lowest BCUT2D eigenvalue weighted by atomic mass is 10.0. The summed E-state index contributed by atoms with van der Waals surface area (Å²) in [5, 5.41) is 2.86. The largest absolute Gasteiger partial charge is 0.354 e. The molecule has 0 saturated carbocycles. The van der Waals surface area contributed by atoms with Crippen molar-refractivity contribution in [3.05, 3.63) is 101 Å². The Bertz CT molecular complexity index is 1420. The smallest absolute Gasteiger partial charge is 0.243 e. The second kappa shape index (κ2) is 14.7. The van der Waals surface area contributed by atoms with Crippen molar-refractivity contribution in [3.63, 3.8) is 0 Å². The maximum absolute atomic E-state index is 13.8. The van der Waals surface area contributed by atoms with E-state index in [9.17, 15) is 31.2 Å². The highest BCUT2D eigenvalue weighted by Crippen LogP contribution is 2.22. The Balaban J connectivity index is 1.87. The topological polar surface area (TPSA) is 86.8 Å². The zero-order chi connectivity index (χ0) is 30.0. The number of benzene rings is 3. The van der Waals surface area contributed by atoms with Crippen LogP contribution in [0, 0.1) is 17.5 Å². The molecule has 0 aliphatic carbocycles. The van der Waals surface area contributed by atoms with Crippen molar-refractivity contribution in [2.24, 2.45) is 0 Å². The van der Waals surface area contributed by atoms with E-state index >= 15 is 0 Å². The summed E-state index contributed by atoms with van der Waals surface area (Å²) in [6, 6.07) is 16.7. The summed E-state index contributed by atoms with van der Waals surface area (Å²) < 4.78 is 66.6. The molecule has 0 fully saturated rings. The number of hydrogen-bond donors (Lipinski definition) is 1. The summed E-state index contributed by atoms with van der Waals surface area (Å²) in [7, 11) is -3.88. The number of nitrogens with one attached hydrogen (secondary N) is 1. The number of amides is 2. The third kappa shape index (κ3) is 9.34. The van der Waals surface area contributed by atoms with Gasteiger partial charge in [-0.3, -0.25) is 13.9 Å². The van der Waals surface area contributed by atoms with Gasteiger partial charge in [-0.15, -0.1) is 0 Å². The number of nitrogens with zero attached hydrogens (tertiary/aromatic N) is 2. The molecular formula is C30H34F3N3O4S. The van der Waals surface area contributed by atoms with Gasteiger partial charge in [0.15, 0.2) is 11.6 Å². The van der Waals surface area contributed by atoms with Crippen LogP contribution in [0.5, 0.6) is 0 Å². The van der Waals surface area contributed by atoms with Gasteiger partial charge < -0.3 is 10.2 Å². The van der Waals surface area contributed by atoms with Crippen molar-refractivity contribution in [1.82, 2.24) is 10.2 Å². The van der Waals surface area contributed by atoms with Crippen LogP contribution in [0.15, 0.2) is 72.8 Å². The lowest BCUT2D eigenvalue weighted by molar-refractivity contribution is -0.141. The van der Waals surface area contributed by atoms with Crippen LogP contribution in [0.1, 0.15) is 37.3 Å². The van der Waals surface area contributed by atoms with Crippen LogP contribution in [0.4, 0.5) is 18.9 Å². The van der Waals surface area contributed by atoms with E-state index in [0.29, 0.717) is 18.5 Å². The van der Waals surface area contributed by atoms with Gasteiger partial charge >= 0.3 is 0 Å². The molecule has 1 atom stereocenters. The fourth-order valence-corrected chi connectivity index (χ4v) is 5.31. The van der Waals surface area contributed by atoms with Crippen LogP contribution in [0.25, 0.3) is 0 Å². The van der Waals surface area contributed by atoms with Gasteiger partial charge in [0.1, 0.15) is 11.9 Å². The number of carbonyl (C=O) groups excluding carboxylic acids is 2. The van der Waals surface area contributed by atoms with Crippen LogP contribution in [0.3, 0.4) is 0 Å². The Hall–Kier alpha value is -3.86. The van der Waals surface area contributed by atoms with Gasteiger partial charge in [-0.1, -0.05) is 49.4 Å². The van der Waals surface area contributed by atoms with Crippen molar-refractivity contribution in [1.29, 1.82) is 0 Å². The zero-order valence-corrected chi connectivity index (χ0v) is 23.8. The average molecular weight is 590 g/mol. The molecule has 3 aromatic carbocycles. The van der Waals surface area contributed by atoms with Gasteiger partial charge in [0.2, 0.25) is 21.8 Å². The van der Waals surface area contributed by atoms with E-state index < -0.39 is 39.4 Å². The molecule has 0 radical (unpaired) electrons. The van der Waals surface area contributed by atoms with Crippen LogP contribution in [-0.4, -0.2) is 50.5 Å². The molecule has 0 saturated heterocycles. The summed E-state index contributed by atoms with van der Waals surface area (Å²) in [5.74, 6) is -3.50. The molecule has 3 aromatic rings. The van der Waals surface area contributed by atoms with E-state index in [0.717, 1.165) is 34.3 Å². The molecule has 7 nitrogen and oxygen atoms in total. The normalized spacial score (nSPS) is 12.0. The molecule has 3 rings (SSSR count). The standard InChI is InChI=1S/C30H34F3N3O4S/c1-3-17-34-30(38)28(19-22-8-5-4-6-9-22)35(21-23-11-13-24(31)14-12-23)29(37)10-7-18-36(41(2,39)40)25-15-16-26(32)27(33)20-25/h4-6,8-9,11-16,20,28H,3,7,10,17-19,21H2,1-2H3,(H,34,38)/t28-/m1/s1. The van der Waals surface area contributed by atoms with Crippen molar-refractivity contribution in [2.45, 2.75) is 45.2 Å². The van der Waals surface area contributed by atoms with Crippen LogP contribution in [-0.2, 0) is 32.6 Å². The van der Waals surface area contributed by atoms with Crippen molar-refractivity contribution >= 4 is 27.5 Å². The summed E-state index contributed by atoms with van der Waals surface area (Å²) in [5.41, 5.74) is 1.38. The monoisotopic (exact) mass is 589 g/mol. The van der Waals surface area contributed by atoms with Crippen molar-refractivity contribution in [3.8, 4) is 0 Å². The number of hydrogen-bond acceptors (Lipinski definition) is 4. The fraction of sp³-hybridized carbons (Fsp3) is 0.333. The molecule has 220 valence electrons. The quantitative estimate of drug-likeness (QED) is 0.292. The summed E-state index contributed by atoms with van der Waals surface area (Å²) >= 11 is 0. The summed E-state index contributed by atoms with van der Waals surface area (Å²) in [6.45, 7) is 2.18. The first-order chi connectivity index (χ1) is 19.5. The Kier molecular flexibility index (Phi) is 11.3. The van der Waals surface area contributed by atoms with Crippen LogP contribution >= 0.6 is 0 Å². The first-order valence-electron chi connectivity index (χ1n) is 13.3. The molecule has 0 aromatic heterocycles. The highest BCUT2D eigenvalue weighted by molar-refractivity contribution is 7.92. The number of rotatable bonds is 14.